The lowest BCUT2D eigenvalue weighted by molar-refractivity contribution is 0.0350. The van der Waals surface area contributed by atoms with E-state index in [9.17, 15) is 5.11 Å². The Balaban J connectivity index is 1.50. The van der Waals surface area contributed by atoms with E-state index in [0.717, 1.165) is 43.9 Å². The highest BCUT2D eigenvalue weighted by Crippen LogP contribution is 2.37. The predicted molar refractivity (Wildman–Crippen MR) is 95.2 cm³/mol. The number of aromatic nitrogens is 1. The van der Waals surface area contributed by atoms with Crippen LogP contribution in [0.15, 0.2) is 10.6 Å². The maximum atomic E-state index is 10.4. The van der Waals surface area contributed by atoms with Gasteiger partial charge in [-0.05, 0) is 51.6 Å². The number of alkyl halides is 2. The van der Waals surface area contributed by atoms with Crippen LogP contribution in [-0.2, 0) is 6.54 Å². The molecule has 1 aliphatic heterocycles. The van der Waals surface area contributed by atoms with E-state index in [4.69, 9.17) is 33.5 Å². The summed E-state index contributed by atoms with van der Waals surface area (Å²) in [5.41, 5.74) is 7.50. The van der Waals surface area contributed by atoms with Crippen LogP contribution in [-0.4, -0.2) is 51.2 Å². The van der Waals surface area contributed by atoms with Crippen LogP contribution in [0, 0.1) is 18.8 Å². The third-order valence-electron chi connectivity index (χ3n) is 5.58. The molecular formula is C17H27Cl2N3O2. The fraction of sp³-hybridized carbons (Fsp3) is 0.824. The molecule has 2 aliphatic rings. The smallest absolute Gasteiger partial charge is 0.133 e. The molecule has 3 N–H and O–H groups in total. The monoisotopic (exact) mass is 375 g/mol. The Morgan fingerprint density at radius 2 is 2.00 bits per heavy atom. The van der Waals surface area contributed by atoms with Crippen LogP contribution in [0.25, 0.3) is 0 Å². The van der Waals surface area contributed by atoms with Crippen LogP contribution in [0.1, 0.15) is 37.1 Å². The number of nitrogens with zero attached hydrogens (tertiary/aromatic N) is 2. The fourth-order valence-corrected chi connectivity index (χ4v) is 4.69. The van der Waals surface area contributed by atoms with Crippen molar-refractivity contribution in [1.29, 1.82) is 0 Å². The zero-order valence-electron chi connectivity index (χ0n) is 14.1. The first kappa shape index (κ1) is 18.5. The van der Waals surface area contributed by atoms with E-state index in [1.807, 2.05) is 13.0 Å². The van der Waals surface area contributed by atoms with Gasteiger partial charge >= 0.3 is 0 Å². The van der Waals surface area contributed by atoms with Crippen molar-refractivity contribution >= 4 is 23.2 Å². The quantitative estimate of drug-likeness (QED) is 0.790. The third kappa shape index (κ3) is 4.25. The zero-order chi connectivity index (χ0) is 17.3. The second kappa shape index (κ2) is 7.92. The molecule has 0 spiro atoms. The molecule has 2 fully saturated rings. The molecule has 5 nitrogen and oxygen atoms in total. The number of aliphatic hydroxyl groups excluding tert-OH is 1. The van der Waals surface area contributed by atoms with Crippen molar-refractivity contribution in [2.24, 2.45) is 17.6 Å². The molecule has 136 valence electrons. The molecule has 0 radical (unpaired) electrons. The van der Waals surface area contributed by atoms with Crippen molar-refractivity contribution in [3.05, 3.63) is 17.5 Å². The van der Waals surface area contributed by atoms with Gasteiger partial charge in [-0.2, -0.15) is 0 Å². The first-order valence-corrected chi connectivity index (χ1v) is 9.67. The minimum atomic E-state index is -0.436. The van der Waals surface area contributed by atoms with Crippen molar-refractivity contribution < 1.29 is 9.63 Å². The van der Waals surface area contributed by atoms with Crippen molar-refractivity contribution in [3.63, 3.8) is 0 Å². The average Bonchev–Trinajstić information content (AvgIpc) is 2.96. The van der Waals surface area contributed by atoms with Gasteiger partial charge in [-0.15, -0.1) is 23.2 Å². The van der Waals surface area contributed by atoms with E-state index in [0.29, 0.717) is 18.8 Å². The highest BCUT2D eigenvalue weighted by Gasteiger charge is 2.40. The van der Waals surface area contributed by atoms with Crippen molar-refractivity contribution in [2.45, 2.75) is 62.1 Å². The first-order chi connectivity index (χ1) is 11.4. The van der Waals surface area contributed by atoms with Gasteiger partial charge in [0.15, 0.2) is 0 Å². The summed E-state index contributed by atoms with van der Waals surface area (Å²) in [6.07, 6.45) is 2.89. The Hall–Kier alpha value is -0.330. The van der Waals surface area contributed by atoms with Gasteiger partial charge in [-0.1, -0.05) is 5.16 Å². The summed E-state index contributed by atoms with van der Waals surface area (Å²) in [6.45, 7) is 4.72. The molecule has 1 aromatic rings. The number of likely N-dealkylation sites (tertiary alicyclic amines) is 1. The second-order valence-electron chi connectivity index (χ2n) is 7.35. The van der Waals surface area contributed by atoms with E-state index in [1.54, 1.807) is 0 Å². The number of aryl methyl sites for hydroxylation is 1. The maximum absolute atomic E-state index is 10.4. The number of aliphatic hydroxyl groups is 1. The van der Waals surface area contributed by atoms with E-state index < -0.39 is 6.10 Å². The Morgan fingerprint density at radius 3 is 2.62 bits per heavy atom. The lowest BCUT2D eigenvalue weighted by atomic mass is 9.74. The molecule has 5 unspecified atom stereocenters. The van der Waals surface area contributed by atoms with E-state index in [-0.39, 0.29) is 22.7 Å². The van der Waals surface area contributed by atoms with E-state index >= 15 is 0 Å². The van der Waals surface area contributed by atoms with Gasteiger partial charge in [0, 0.05) is 24.6 Å². The summed E-state index contributed by atoms with van der Waals surface area (Å²) in [5.74, 6) is 1.33. The van der Waals surface area contributed by atoms with Gasteiger partial charge < -0.3 is 15.4 Å². The molecule has 2 heterocycles. The Morgan fingerprint density at radius 1 is 1.33 bits per heavy atom. The highest BCUT2D eigenvalue weighted by molar-refractivity contribution is 6.30. The molecule has 1 saturated carbocycles. The lowest BCUT2D eigenvalue weighted by Gasteiger charge is -2.42. The number of hydrogen-bond acceptors (Lipinski definition) is 5. The lowest BCUT2D eigenvalue weighted by Crippen LogP contribution is -2.51. The van der Waals surface area contributed by atoms with Crippen molar-refractivity contribution in [1.82, 2.24) is 10.1 Å². The average molecular weight is 376 g/mol. The number of piperidine rings is 1. The van der Waals surface area contributed by atoms with Crippen LogP contribution in [0.3, 0.4) is 0 Å². The second-order valence-corrected chi connectivity index (χ2v) is 8.48. The molecule has 24 heavy (non-hydrogen) atoms. The summed E-state index contributed by atoms with van der Waals surface area (Å²) in [4.78, 5) is 2.39. The SMILES string of the molecule is Cc1cc(CN2CCC(C(N)C3CC(Cl)C(Cl)CC3O)CC2)no1. The molecule has 0 amide bonds. The fourth-order valence-electron chi connectivity index (χ4n) is 4.10. The first-order valence-electron chi connectivity index (χ1n) is 8.80. The van der Waals surface area contributed by atoms with Gasteiger partial charge in [-0.25, -0.2) is 0 Å². The van der Waals surface area contributed by atoms with Crippen LogP contribution in [0.5, 0.6) is 0 Å². The molecule has 1 aromatic heterocycles. The standard InChI is InChI=1S/C17H27Cl2N3O2/c1-10-6-12(21-24-10)9-22-4-2-11(3-5-22)17(20)13-7-14(18)15(19)8-16(13)23/h6,11,13-17,23H,2-5,7-9,20H2,1H3. The molecule has 7 heteroatoms. The summed E-state index contributed by atoms with van der Waals surface area (Å²) in [6, 6.07) is 1.97. The van der Waals surface area contributed by atoms with Crippen LogP contribution in [0.2, 0.25) is 0 Å². The zero-order valence-corrected chi connectivity index (χ0v) is 15.6. The number of halogens is 2. The molecular weight excluding hydrogens is 349 g/mol. The van der Waals surface area contributed by atoms with Gasteiger partial charge in [0.2, 0.25) is 0 Å². The van der Waals surface area contributed by atoms with E-state index in [2.05, 4.69) is 10.1 Å². The Kier molecular flexibility index (Phi) is 6.09. The topological polar surface area (TPSA) is 75.5 Å². The molecule has 0 aromatic carbocycles. The van der Waals surface area contributed by atoms with Gasteiger partial charge in [-0.3, -0.25) is 4.90 Å². The molecule has 3 rings (SSSR count). The highest BCUT2D eigenvalue weighted by atomic mass is 35.5. The Bertz CT molecular complexity index is 534. The normalized spacial score (nSPS) is 34.4. The minimum absolute atomic E-state index is 0.0122. The molecule has 1 saturated heterocycles. The predicted octanol–water partition coefficient (Wildman–Crippen LogP) is 2.51. The summed E-state index contributed by atoms with van der Waals surface area (Å²) in [5, 5.41) is 14.2. The number of hydrogen-bond donors (Lipinski definition) is 2. The minimum Gasteiger partial charge on any atom is -0.393 e. The Labute approximate surface area is 153 Å². The largest absolute Gasteiger partial charge is 0.393 e. The van der Waals surface area contributed by atoms with Crippen LogP contribution >= 0.6 is 23.2 Å². The van der Waals surface area contributed by atoms with Gasteiger partial charge in [0.25, 0.3) is 0 Å². The van der Waals surface area contributed by atoms with Gasteiger partial charge in [0.1, 0.15) is 5.76 Å². The number of rotatable bonds is 4. The van der Waals surface area contributed by atoms with Crippen LogP contribution in [0.4, 0.5) is 0 Å². The summed E-state index contributed by atoms with van der Waals surface area (Å²) < 4.78 is 5.13. The summed E-state index contributed by atoms with van der Waals surface area (Å²) in [7, 11) is 0. The third-order valence-corrected chi connectivity index (χ3v) is 6.68. The van der Waals surface area contributed by atoms with Crippen molar-refractivity contribution in [3.8, 4) is 0 Å². The molecule has 0 bridgehead atoms. The number of nitrogens with two attached hydrogens (primary N) is 1. The maximum Gasteiger partial charge on any atom is 0.133 e. The van der Waals surface area contributed by atoms with Crippen molar-refractivity contribution in [2.75, 3.05) is 13.1 Å². The molecule has 5 atom stereocenters. The van der Waals surface area contributed by atoms with Crippen LogP contribution < -0.4 is 5.73 Å². The van der Waals surface area contributed by atoms with E-state index in [1.165, 1.54) is 0 Å². The molecule has 1 aliphatic carbocycles. The summed E-state index contributed by atoms with van der Waals surface area (Å²) >= 11 is 12.5. The van der Waals surface area contributed by atoms with Gasteiger partial charge in [0.05, 0.1) is 22.6 Å².